The van der Waals surface area contributed by atoms with Gasteiger partial charge in [0.2, 0.25) is 5.91 Å². The summed E-state index contributed by atoms with van der Waals surface area (Å²) in [4.78, 5) is 63.1. The van der Waals surface area contributed by atoms with Gasteiger partial charge in [-0.2, -0.15) is 0 Å². The number of amides is 2. The summed E-state index contributed by atoms with van der Waals surface area (Å²) in [7, 11) is 0. The van der Waals surface area contributed by atoms with Crippen molar-refractivity contribution in [3.8, 4) is 5.75 Å². The zero-order valence-corrected chi connectivity index (χ0v) is 26.6. The number of hydrogen-bond acceptors (Lipinski definition) is 10. The quantitative estimate of drug-likeness (QED) is 0.0687. The van der Waals surface area contributed by atoms with E-state index in [9.17, 15) is 29.3 Å². The summed E-state index contributed by atoms with van der Waals surface area (Å²) in [6.45, 7) is 0.530. The maximum Gasteiger partial charge on any atom is 0.513 e. The molecular weight excluding hydrogens is 622 g/mol. The van der Waals surface area contributed by atoms with Crippen molar-refractivity contribution < 1.29 is 43.0 Å². The summed E-state index contributed by atoms with van der Waals surface area (Å²) in [5, 5.41) is 16.2. The molecule has 0 unspecified atom stereocenters. The fraction of sp³-hybridized carbons (Fsp3) is 0.371. The first-order valence-electron chi connectivity index (χ1n) is 15.7. The Morgan fingerprint density at radius 3 is 2.00 bits per heavy atom. The standard InChI is InChI=1S/C35H39N3O10/c1-35(32(40)45-22-26-13-7-3-8-14-26,24-47-34(42)48-29-19-17-28(18-20-29)38(43)44)37-31(39)30(21-25-11-5-2-6-12-25)36-33(41)46-23-27-15-9-4-10-16-27/h3-4,7-10,13-20,25,30H,2,5-6,11-12,21-24H2,1H3,(H,36,41)(H,37,39)/t30-,35-/m0/s1. The molecule has 0 aliphatic heterocycles. The third-order valence-corrected chi connectivity index (χ3v) is 7.90. The Morgan fingerprint density at radius 1 is 0.833 bits per heavy atom. The second-order valence-electron chi connectivity index (χ2n) is 11.8. The number of nitrogens with one attached hydrogen (secondary N) is 2. The van der Waals surface area contributed by atoms with Crippen LogP contribution in [0.1, 0.15) is 56.6 Å². The van der Waals surface area contributed by atoms with Crippen molar-refractivity contribution in [2.45, 2.75) is 70.2 Å². The molecule has 2 N–H and O–H groups in total. The summed E-state index contributed by atoms with van der Waals surface area (Å²) in [5.41, 5.74) is -0.642. The third kappa shape index (κ3) is 11.1. The van der Waals surface area contributed by atoms with Gasteiger partial charge in [0, 0.05) is 12.1 Å². The van der Waals surface area contributed by atoms with E-state index >= 15 is 0 Å². The first kappa shape index (κ1) is 35.4. The lowest BCUT2D eigenvalue weighted by Crippen LogP contribution is -2.61. The third-order valence-electron chi connectivity index (χ3n) is 7.90. The van der Waals surface area contributed by atoms with Crippen LogP contribution in [0.3, 0.4) is 0 Å². The van der Waals surface area contributed by atoms with Crippen molar-refractivity contribution in [2.24, 2.45) is 5.92 Å². The number of nitro groups is 1. The van der Waals surface area contributed by atoms with E-state index in [1.54, 1.807) is 36.4 Å². The summed E-state index contributed by atoms with van der Waals surface area (Å²) >= 11 is 0. The minimum absolute atomic E-state index is 0.00131. The van der Waals surface area contributed by atoms with Gasteiger partial charge in [-0.05, 0) is 42.5 Å². The number of nitro benzene ring substituents is 1. The van der Waals surface area contributed by atoms with E-state index < -0.39 is 47.2 Å². The van der Waals surface area contributed by atoms with Gasteiger partial charge in [0.15, 0.2) is 5.54 Å². The summed E-state index contributed by atoms with van der Waals surface area (Å²) in [6, 6.07) is 21.6. The van der Waals surface area contributed by atoms with Crippen LogP contribution in [0.2, 0.25) is 0 Å². The monoisotopic (exact) mass is 661 g/mol. The lowest BCUT2D eigenvalue weighted by Gasteiger charge is -2.31. The van der Waals surface area contributed by atoms with Crippen LogP contribution in [0.15, 0.2) is 84.9 Å². The number of hydrogen-bond donors (Lipinski definition) is 2. The molecule has 13 heteroatoms. The van der Waals surface area contributed by atoms with Gasteiger partial charge in [0.05, 0.1) is 4.92 Å². The molecule has 0 saturated heterocycles. The molecule has 1 aliphatic rings. The summed E-state index contributed by atoms with van der Waals surface area (Å²) in [5.74, 6) is -1.46. The number of benzene rings is 3. The van der Waals surface area contributed by atoms with E-state index in [1.165, 1.54) is 19.1 Å². The molecule has 1 saturated carbocycles. The molecule has 0 aromatic heterocycles. The number of nitrogens with zero attached hydrogens (tertiary/aromatic N) is 1. The number of non-ortho nitro benzene ring substituents is 1. The van der Waals surface area contributed by atoms with E-state index in [1.807, 2.05) is 24.3 Å². The molecule has 48 heavy (non-hydrogen) atoms. The maximum absolute atomic E-state index is 13.8. The fourth-order valence-corrected chi connectivity index (χ4v) is 5.25. The van der Waals surface area contributed by atoms with E-state index in [0.717, 1.165) is 49.8 Å². The highest BCUT2D eigenvalue weighted by atomic mass is 16.7. The molecule has 254 valence electrons. The van der Waals surface area contributed by atoms with Crippen molar-refractivity contribution in [3.63, 3.8) is 0 Å². The van der Waals surface area contributed by atoms with Crippen LogP contribution in [-0.2, 0) is 37.0 Å². The molecule has 3 aromatic rings. The minimum Gasteiger partial charge on any atom is -0.459 e. The van der Waals surface area contributed by atoms with Gasteiger partial charge in [-0.25, -0.2) is 14.4 Å². The molecule has 0 heterocycles. The number of ether oxygens (including phenoxy) is 4. The Bertz CT molecular complexity index is 1530. The Morgan fingerprint density at radius 2 is 1.42 bits per heavy atom. The smallest absolute Gasteiger partial charge is 0.459 e. The Balaban J connectivity index is 1.47. The van der Waals surface area contributed by atoms with Crippen LogP contribution in [0.4, 0.5) is 15.3 Å². The molecule has 0 bridgehead atoms. The second-order valence-corrected chi connectivity index (χ2v) is 11.8. The molecule has 13 nitrogen and oxygen atoms in total. The maximum atomic E-state index is 13.8. The molecule has 2 atom stereocenters. The lowest BCUT2D eigenvalue weighted by atomic mass is 9.84. The van der Waals surface area contributed by atoms with Crippen LogP contribution in [0.25, 0.3) is 0 Å². The lowest BCUT2D eigenvalue weighted by molar-refractivity contribution is -0.384. The minimum atomic E-state index is -1.90. The average molecular weight is 662 g/mol. The number of alkyl carbamates (subject to hydrolysis) is 1. The predicted octanol–water partition coefficient (Wildman–Crippen LogP) is 5.99. The molecule has 3 aromatic carbocycles. The zero-order valence-electron chi connectivity index (χ0n) is 26.6. The molecule has 4 rings (SSSR count). The first-order chi connectivity index (χ1) is 23.1. The van der Waals surface area contributed by atoms with Gasteiger partial charge in [-0.3, -0.25) is 14.9 Å². The molecule has 0 spiro atoms. The van der Waals surface area contributed by atoms with E-state index in [4.69, 9.17) is 18.9 Å². The van der Waals surface area contributed by atoms with Gasteiger partial charge < -0.3 is 29.6 Å². The highest BCUT2D eigenvalue weighted by Crippen LogP contribution is 2.28. The zero-order chi connectivity index (χ0) is 34.4. The van der Waals surface area contributed by atoms with Crippen LogP contribution in [0, 0.1) is 16.0 Å². The molecule has 1 aliphatic carbocycles. The van der Waals surface area contributed by atoms with Crippen molar-refractivity contribution in [1.29, 1.82) is 0 Å². The fourth-order valence-electron chi connectivity index (χ4n) is 5.25. The number of carbonyl (C=O) groups is 4. The van der Waals surface area contributed by atoms with E-state index in [2.05, 4.69) is 10.6 Å². The van der Waals surface area contributed by atoms with Crippen molar-refractivity contribution >= 4 is 29.8 Å². The topological polar surface area (TPSA) is 172 Å². The van der Waals surface area contributed by atoms with Gasteiger partial charge in [0.25, 0.3) is 5.69 Å². The van der Waals surface area contributed by atoms with Crippen molar-refractivity contribution in [1.82, 2.24) is 10.6 Å². The number of rotatable bonds is 14. The first-order valence-corrected chi connectivity index (χ1v) is 15.7. The van der Waals surface area contributed by atoms with Gasteiger partial charge in [0.1, 0.15) is 31.6 Å². The van der Waals surface area contributed by atoms with Crippen LogP contribution in [0.5, 0.6) is 5.75 Å². The highest BCUT2D eigenvalue weighted by molar-refractivity contribution is 5.92. The normalized spacial score (nSPS) is 14.8. The summed E-state index contributed by atoms with van der Waals surface area (Å²) < 4.78 is 21.2. The van der Waals surface area contributed by atoms with Crippen LogP contribution < -0.4 is 15.4 Å². The van der Waals surface area contributed by atoms with Crippen molar-refractivity contribution in [2.75, 3.05) is 6.61 Å². The SMILES string of the molecule is C[C@@](COC(=O)Oc1ccc([N+](=O)[O-])cc1)(NC(=O)[C@H](CC1CCCCC1)NC(=O)OCc1ccccc1)C(=O)OCc1ccccc1. The van der Waals surface area contributed by atoms with Crippen molar-refractivity contribution in [3.05, 3.63) is 106 Å². The second kappa shape index (κ2) is 17.5. The van der Waals surface area contributed by atoms with Crippen LogP contribution in [-0.4, -0.2) is 47.2 Å². The van der Waals surface area contributed by atoms with Gasteiger partial charge in [-0.15, -0.1) is 0 Å². The molecular formula is C35H39N3O10. The van der Waals surface area contributed by atoms with E-state index in [-0.39, 0.29) is 30.6 Å². The van der Waals surface area contributed by atoms with Crippen LogP contribution >= 0.6 is 0 Å². The van der Waals surface area contributed by atoms with Gasteiger partial charge in [-0.1, -0.05) is 92.8 Å². The molecule has 2 amide bonds. The van der Waals surface area contributed by atoms with Gasteiger partial charge >= 0.3 is 18.2 Å². The summed E-state index contributed by atoms with van der Waals surface area (Å²) in [6.07, 6.45) is 3.17. The molecule has 1 fully saturated rings. The van der Waals surface area contributed by atoms with E-state index in [0.29, 0.717) is 12.0 Å². The number of esters is 1. The highest BCUT2D eigenvalue weighted by Gasteiger charge is 2.41. The predicted molar refractivity (Wildman–Crippen MR) is 173 cm³/mol. The largest absolute Gasteiger partial charge is 0.513 e. The Kier molecular flexibility index (Phi) is 12.9. The Hall–Kier alpha value is -5.46. The molecule has 0 radical (unpaired) electrons. The number of carbonyl (C=O) groups excluding carboxylic acids is 4. The average Bonchev–Trinajstić information content (AvgIpc) is 3.10. The Labute approximate surface area is 278 Å².